The number of aliphatic carboxylic acids is 1. The van der Waals surface area contributed by atoms with Crippen molar-refractivity contribution in [1.29, 1.82) is 0 Å². The van der Waals surface area contributed by atoms with Crippen molar-refractivity contribution < 1.29 is 24.4 Å². The summed E-state index contributed by atoms with van der Waals surface area (Å²) in [5, 5.41) is 25.7. The Kier molecular flexibility index (Phi) is 7.05. The van der Waals surface area contributed by atoms with Gasteiger partial charge in [-0.1, -0.05) is 30.3 Å². The first-order valence-electron chi connectivity index (χ1n) is 8.48. The summed E-state index contributed by atoms with van der Waals surface area (Å²) in [7, 11) is 1.32. The molecule has 28 heavy (non-hydrogen) atoms. The van der Waals surface area contributed by atoms with E-state index < -0.39 is 22.8 Å². The Morgan fingerprint density at radius 3 is 2.46 bits per heavy atom. The van der Waals surface area contributed by atoms with E-state index in [0.29, 0.717) is 0 Å². The molecule has 2 atom stereocenters. The molecule has 0 radical (unpaired) electrons. The van der Waals surface area contributed by atoms with Crippen LogP contribution in [-0.4, -0.2) is 35.1 Å². The van der Waals surface area contributed by atoms with Gasteiger partial charge in [-0.2, -0.15) is 0 Å². The number of nitrogens with zero attached hydrogens (tertiary/aromatic N) is 1. The Hall–Kier alpha value is -3.46. The van der Waals surface area contributed by atoms with E-state index in [1.807, 2.05) is 37.3 Å². The summed E-state index contributed by atoms with van der Waals surface area (Å²) in [4.78, 5) is 34.1. The minimum atomic E-state index is -1.16. The molecule has 0 spiro atoms. The number of non-ortho nitro benzene ring substituents is 1. The van der Waals surface area contributed by atoms with Crippen molar-refractivity contribution in [1.82, 2.24) is 5.32 Å². The lowest BCUT2D eigenvalue weighted by Gasteiger charge is -2.20. The van der Waals surface area contributed by atoms with Gasteiger partial charge in [-0.15, -0.1) is 0 Å². The molecular formula is C19H21N3O6. The minimum Gasteiger partial charge on any atom is -0.494 e. The van der Waals surface area contributed by atoms with Crippen LogP contribution in [0.25, 0.3) is 0 Å². The van der Waals surface area contributed by atoms with E-state index in [2.05, 4.69) is 10.6 Å². The smallest absolute Gasteiger partial charge is 0.321 e. The van der Waals surface area contributed by atoms with Crippen molar-refractivity contribution in [3.05, 3.63) is 64.2 Å². The van der Waals surface area contributed by atoms with Crippen molar-refractivity contribution in [3.8, 4) is 5.75 Å². The van der Waals surface area contributed by atoms with E-state index in [1.165, 1.54) is 25.3 Å². The molecule has 0 heterocycles. The Balaban J connectivity index is 2.06. The van der Waals surface area contributed by atoms with Gasteiger partial charge in [-0.3, -0.25) is 25.0 Å². The van der Waals surface area contributed by atoms with Gasteiger partial charge in [0.05, 0.1) is 30.2 Å². The molecule has 2 unspecified atom stereocenters. The van der Waals surface area contributed by atoms with Crippen LogP contribution < -0.4 is 15.4 Å². The quantitative estimate of drug-likeness (QED) is 0.445. The van der Waals surface area contributed by atoms with Gasteiger partial charge in [0.25, 0.3) is 5.69 Å². The lowest BCUT2D eigenvalue weighted by molar-refractivity contribution is -0.384. The highest BCUT2D eigenvalue weighted by atomic mass is 16.6. The van der Waals surface area contributed by atoms with Gasteiger partial charge in [-0.05, 0) is 18.6 Å². The van der Waals surface area contributed by atoms with Gasteiger partial charge < -0.3 is 15.2 Å². The number of carbonyl (C=O) groups excluding carboxylic acids is 1. The van der Waals surface area contributed by atoms with E-state index in [-0.39, 0.29) is 29.6 Å². The zero-order valence-electron chi connectivity index (χ0n) is 15.4. The first-order chi connectivity index (χ1) is 13.3. The molecule has 3 N–H and O–H groups in total. The summed E-state index contributed by atoms with van der Waals surface area (Å²) in [6.45, 7) is 1.81. The van der Waals surface area contributed by atoms with E-state index in [9.17, 15) is 24.8 Å². The predicted octanol–water partition coefficient (Wildman–Crippen LogP) is 2.74. The van der Waals surface area contributed by atoms with Crippen molar-refractivity contribution in [2.45, 2.75) is 25.4 Å². The van der Waals surface area contributed by atoms with Gasteiger partial charge in [0.2, 0.25) is 5.91 Å². The molecule has 0 saturated carbocycles. The maximum atomic E-state index is 12.3. The number of anilines is 1. The molecule has 0 aliphatic heterocycles. The molecule has 0 bridgehead atoms. The molecule has 9 heteroatoms. The number of benzene rings is 2. The number of amides is 1. The number of nitrogens with one attached hydrogen (secondary N) is 2. The number of carboxylic acid groups (broad SMARTS) is 1. The molecule has 148 valence electrons. The maximum Gasteiger partial charge on any atom is 0.321 e. The molecule has 0 aromatic heterocycles. The lowest BCUT2D eigenvalue weighted by atomic mass is 10.1. The maximum absolute atomic E-state index is 12.3. The molecular weight excluding hydrogens is 366 g/mol. The van der Waals surface area contributed by atoms with Crippen LogP contribution in [0.3, 0.4) is 0 Å². The Labute approximate surface area is 161 Å². The highest BCUT2D eigenvalue weighted by Gasteiger charge is 2.24. The number of nitro benzene ring substituents is 1. The second-order valence-corrected chi connectivity index (χ2v) is 6.08. The largest absolute Gasteiger partial charge is 0.494 e. The van der Waals surface area contributed by atoms with Crippen LogP contribution in [0.4, 0.5) is 11.4 Å². The molecule has 0 aliphatic rings. The number of methoxy groups -OCH3 is 1. The number of carbonyl (C=O) groups is 2. The van der Waals surface area contributed by atoms with Gasteiger partial charge in [0.15, 0.2) is 0 Å². The summed E-state index contributed by atoms with van der Waals surface area (Å²) in [6, 6.07) is 11.6. The fourth-order valence-corrected chi connectivity index (χ4v) is 2.64. The van der Waals surface area contributed by atoms with Crippen molar-refractivity contribution >= 4 is 23.3 Å². The number of carboxylic acids is 1. The molecule has 0 fully saturated rings. The van der Waals surface area contributed by atoms with Crippen LogP contribution in [0.15, 0.2) is 48.5 Å². The van der Waals surface area contributed by atoms with Crippen LogP contribution in [-0.2, 0) is 9.59 Å². The van der Waals surface area contributed by atoms with Gasteiger partial charge >= 0.3 is 5.97 Å². The van der Waals surface area contributed by atoms with E-state index in [1.54, 1.807) is 0 Å². The second kappa shape index (κ2) is 9.47. The zero-order valence-corrected chi connectivity index (χ0v) is 15.4. The second-order valence-electron chi connectivity index (χ2n) is 6.08. The van der Waals surface area contributed by atoms with Gasteiger partial charge in [0, 0.05) is 12.1 Å². The first kappa shape index (κ1) is 20.8. The number of nitro groups is 1. The van der Waals surface area contributed by atoms with Gasteiger partial charge in [0.1, 0.15) is 11.8 Å². The first-order valence-corrected chi connectivity index (χ1v) is 8.48. The van der Waals surface area contributed by atoms with Crippen molar-refractivity contribution in [2.75, 3.05) is 12.4 Å². The van der Waals surface area contributed by atoms with Crippen LogP contribution in [0, 0.1) is 10.1 Å². The Morgan fingerprint density at radius 1 is 1.21 bits per heavy atom. The summed E-state index contributed by atoms with van der Waals surface area (Å²) in [5.74, 6) is -1.61. The van der Waals surface area contributed by atoms with Crippen LogP contribution in [0.2, 0.25) is 0 Å². The summed E-state index contributed by atoms with van der Waals surface area (Å²) in [5.41, 5.74) is 0.932. The fourth-order valence-electron chi connectivity index (χ4n) is 2.64. The molecule has 2 aromatic carbocycles. The van der Waals surface area contributed by atoms with Crippen LogP contribution >= 0.6 is 0 Å². The Morgan fingerprint density at radius 2 is 1.89 bits per heavy atom. The normalized spacial score (nSPS) is 12.6. The minimum absolute atomic E-state index is 0.111. The topological polar surface area (TPSA) is 131 Å². The number of hydrogen-bond acceptors (Lipinski definition) is 6. The summed E-state index contributed by atoms with van der Waals surface area (Å²) < 4.78 is 5.06. The number of hydrogen-bond donors (Lipinski definition) is 3. The van der Waals surface area contributed by atoms with Crippen LogP contribution in [0.5, 0.6) is 5.75 Å². The third-order valence-electron chi connectivity index (χ3n) is 4.11. The average Bonchev–Trinajstić information content (AvgIpc) is 2.68. The summed E-state index contributed by atoms with van der Waals surface area (Å²) >= 11 is 0. The average molecular weight is 387 g/mol. The SMILES string of the molecule is COc1cc([N+](=O)[O-])ccc1NC(=O)CC(NC(C)c1ccccc1)C(=O)O. The predicted molar refractivity (Wildman–Crippen MR) is 102 cm³/mol. The standard InChI is InChI=1S/C19H21N3O6/c1-12(13-6-4-3-5-7-13)20-16(19(24)25)11-18(23)21-15-9-8-14(22(26)27)10-17(15)28-2/h3-10,12,16,20H,11H2,1-2H3,(H,21,23)(H,24,25). The monoisotopic (exact) mass is 387 g/mol. The molecule has 1 amide bonds. The van der Waals surface area contributed by atoms with E-state index in [0.717, 1.165) is 5.56 Å². The third-order valence-corrected chi connectivity index (χ3v) is 4.11. The zero-order chi connectivity index (χ0) is 20.7. The van der Waals surface area contributed by atoms with E-state index in [4.69, 9.17) is 4.74 Å². The van der Waals surface area contributed by atoms with E-state index >= 15 is 0 Å². The Bertz CT molecular complexity index is 856. The fraction of sp³-hybridized carbons (Fsp3) is 0.263. The molecule has 9 nitrogen and oxygen atoms in total. The summed E-state index contributed by atoms with van der Waals surface area (Å²) in [6.07, 6.45) is -0.327. The van der Waals surface area contributed by atoms with Crippen LogP contribution in [0.1, 0.15) is 24.9 Å². The molecule has 2 aromatic rings. The van der Waals surface area contributed by atoms with Crippen molar-refractivity contribution in [2.24, 2.45) is 0 Å². The van der Waals surface area contributed by atoms with Gasteiger partial charge in [-0.25, -0.2) is 0 Å². The number of ether oxygens (including phenoxy) is 1. The highest BCUT2D eigenvalue weighted by molar-refractivity contribution is 5.95. The molecule has 0 aliphatic carbocycles. The lowest BCUT2D eigenvalue weighted by Crippen LogP contribution is -2.41. The third kappa shape index (κ3) is 5.52. The number of rotatable bonds is 9. The molecule has 2 rings (SSSR count). The highest BCUT2D eigenvalue weighted by Crippen LogP contribution is 2.29. The molecule has 0 saturated heterocycles. The van der Waals surface area contributed by atoms with Crippen molar-refractivity contribution in [3.63, 3.8) is 0 Å².